The van der Waals surface area contributed by atoms with E-state index in [4.69, 9.17) is 23.2 Å². The van der Waals surface area contributed by atoms with Crippen LogP contribution in [0.4, 0.5) is 5.69 Å². The zero-order chi connectivity index (χ0) is 17.9. The van der Waals surface area contributed by atoms with Gasteiger partial charge in [-0.15, -0.1) is 0 Å². The predicted molar refractivity (Wildman–Crippen MR) is 96.1 cm³/mol. The standard InChI is InChI=1S/C17H16Cl2N4O/c1-4-23-11(3)14(10(2)22-23)7-12(9-20)17(24)21-16-6-5-13(18)8-15(16)19/h5-8H,4H2,1-3H3,(H,21,24)/b12-7-. The number of aryl methyl sites for hydroxylation is 2. The molecule has 0 fully saturated rings. The van der Waals surface area contributed by atoms with Crippen LogP contribution in [0.25, 0.3) is 6.08 Å². The van der Waals surface area contributed by atoms with E-state index < -0.39 is 5.91 Å². The summed E-state index contributed by atoms with van der Waals surface area (Å²) in [4.78, 5) is 12.4. The highest BCUT2D eigenvalue weighted by molar-refractivity contribution is 6.36. The molecule has 0 bridgehead atoms. The second kappa shape index (κ2) is 7.52. The van der Waals surface area contributed by atoms with Crippen LogP contribution in [-0.4, -0.2) is 15.7 Å². The average Bonchev–Trinajstić information content (AvgIpc) is 2.81. The fourth-order valence-electron chi connectivity index (χ4n) is 2.30. The van der Waals surface area contributed by atoms with Crippen molar-refractivity contribution in [2.45, 2.75) is 27.3 Å². The Labute approximate surface area is 150 Å². The number of nitrogens with zero attached hydrogens (tertiary/aromatic N) is 3. The molecule has 0 unspecified atom stereocenters. The molecule has 124 valence electrons. The number of aromatic nitrogens is 2. The molecule has 1 aromatic heterocycles. The lowest BCUT2D eigenvalue weighted by molar-refractivity contribution is -0.112. The van der Waals surface area contributed by atoms with E-state index in [0.717, 1.165) is 23.5 Å². The third-order valence-electron chi connectivity index (χ3n) is 3.57. The molecule has 0 saturated carbocycles. The number of carbonyl (C=O) groups is 1. The number of nitriles is 1. The van der Waals surface area contributed by atoms with Crippen molar-refractivity contribution >= 4 is 40.9 Å². The van der Waals surface area contributed by atoms with Gasteiger partial charge < -0.3 is 5.32 Å². The molecule has 0 aliphatic rings. The van der Waals surface area contributed by atoms with Gasteiger partial charge in [-0.2, -0.15) is 10.4 Å². The highest BCUT2D eigenvalue weighted by atomic mass is 35.5. The Kier molecular flexibility index (Phi) is 5.66. The summed E-state index contributed by atoms with van der Waals surface area (Å²) in [6, 6.07) is 6.64. The number of rotatable bonds is 4. The molecular formula is C17H16Cl2N4O. The van der Waals surface area contributed by atoms with Gasteiger partial charge in [-0.05, 0) is 45.0 Å². The monoisotopic (exact) mass is 362 g/mol. The van der Waals surface area contributed by atoms with Gasteiger partial charge in [-0.3, -0.25) is 9.48 Å². The van der Waals surface area contributed by atoms with E-state index in [9.17, 15) is 10.1 Å². The summed E-state index contributed by atoms with van der Waals surface area (Å²) >= 11 is 11.9. The van der Waals surface area contributed by atoms with Gasteiger partial charge in [0, 0.05) is 22.8 Å². The van der Waals surface area contributed by atoms with Crippen LogP contribution >= 0.6 is 23.2 Å². The van der Waals surface area contributed by atoms with Gasteiger partial charge >= 0.3 is 0 Å². The lowest BCUT2D eigenvalue weighted by Crippen LogP contribution is -2.13. The number of halogens is 2. The molecule has 0 aliphatic heterocycles. The Morgan fingerprint density at radius 3 is 2.67 bits per heavy atom. The molecule has 2 rings (SSSR count). The highest BCUT2D eigenvalue weighted by Crippen LogP contribution is 2.26. The van der Waals surface area contributed by atoms with Crippen molar-refractivity contribution in [1.82, 2.24) is 9.78 Å². The lowest BCUT2D eigenvalue weighted by Gasteiger charge is -2.07. The molecule has 0 atom stereocenters. The summed E-state index contributed by atoms with van der Waals surface area (Å²) in [6.45, 7) is 6.44. The zero-order valence-electron chi connectivity index (χ0n) is 13.5. The van der Waals surface area contributed by atoms with Crippen LogP contribution in [0.15, 0.2) is 23.8 Å². The van der Waals surface area contributed by atoms with Crippen LogP contribution in [0.1, 0.15) is 23.9 Å². The molecule has 0 aliphatic carbocycles. The SMILES string of the molecule is CCn1nc(C)c(/C=C(/C#N)C(=O)Nc2ccc(Cl)cc2Cl)c1C. The minimum atomic E-state index is -0.537. The van der Waals surface area contributed by atoms with Crippen molar-refractivity contribution < 1.29 is 4.79 Å². The molecular weight excluding hydrogens is 347 g/mol. The summed E-state index contributed by atoms with van der Waals surface area (Å²) in [5.74, 6) is -0.537. The van der Waals surface area contributed by atoms with E-state index >= 15 is 0 Å². The average molecular weight is 363 g/mol. The topological polar surface area (TPSA) is 70.7 Å². The van der Waals surface area contributed by atoms with E-state index in [1.807, 2.05) is 31.5 Å². The number of anilines is 1. The maximum atomic E-state index is 12.4. The van der Waals surface area contributed by atoms with Crippen LogP contribution < -0.4 is 5.32 Å². The highest BCUT2D eigenvalue weighted by Gasteiger charge is 2.15. The Balaban J connectivity index is 2.33. The number of amides is 1. The first kappa shape index (κ1) is 18.1. The lowest BCUT2D eigenvalue weighted by atomic mass is 10.1. The third-order valence-corrected chi connectivity index (χ3v) is 4.12. The van der Waals surface area contributed by atoms with Crippen LogP contribution in [0.5, 0.6) is 0 Å². The first-order valence-corrected chi connectivity index (χ1v) is 8.05. The van der Waals surface area contributed by atoms with Crippen molar-refractivity contribution in [1.29, 1.82) is 5.26 Å². The number of hydrogen-bond acceptors (Lipinski definition) is 3. The molecule has 5 nitrogen and oxygen atoms in total. The Bertz CT molecular complexity index is 862. The molecule has 1 N–H and O–H groups in total. The van der Waals surface area contributed by atoms with Crippen molar-refractivity contribution in [2.75, 3.05) is 5.32 Å². The summed E-state index contributed by atoms with van der Waals surface area (Å²) < 4.78 is 1.82. The van der Waals surface area contributed by atoms with Gasteiger partial charge in [-0.1, -0.05) is 23.2 Å². The summed E-state index contributed by atoms with van der Waals surface area (Å²) in [7, 11) is 0. The molecule has 7 heteroatoms. The van der Waals surface area contributed by atoms with Crippen molar-refractivity contribution in [3.8, 4) is 6.07 Å². The fourth-order valence-corrected chi connectivity index (χ4v) is 2.76. The van der Waals surface area contributed by atoms with Crippen molar-refractivity contribution in [3.63, 3.8) is 0 Å². The maximum absolute atomic E-state index is 12.4. The minimum Gasteiger partial charge on any atom is -0.320 e. The molecule has 0 saturated heterocycles. The summed E-state index contributed by atoms with van der Waals surface area (Å²) in [5.41, 5.74) is 2.80. The van der Waals surface area contributed by atoms with E-state index in [0.29, 0.717) is 15.7 Å². The van der Waals surface area contributed by atoms with E-state index in [1.165, 1.54) is 6.07 Å². The van der Waals surface area contributed by atoms with Gasteiger partial charge in [-0.25, -0.2) is 0 Å². The maximum Gasteiger partial charge on any atom is 0.266 e. The molecule has 1 aromatic carbocycles. The molecule has 24 heavy (non-hydrogen) atoms. The number of nitrogens with one attached hydrogen (secondary N) is 1. The van der Waals surface area contributed by atoms with E-state index in [2.05, 4.69) is 10.4 Å². The van der Waals surface area contributed by atoms with Crippen LogP contribution in [0.3, 0.4) is 0 Å². The quantitative estimate of drug-likeness (QED) is 0.648. The van der Waals surface area contributed by atoms with Crippen LogP contribution in [0, 0.1) is 25.2 Å². The predicted octanol–water partition coefficient (Wildman–Crippen LogP) is 4.37. The minimum absolute atomic E-state index is 0.0251. The molecule has 1 heterocycles. The first-order chi connectivity index (χ1) is 11.4. The molecule has 0 spiro atoms. The van der Waals surface area contributed by atoms with Gasteiger partial charge in [0.1, 0.15) is 11.6 Å². The van der Waals surface area contributed by atoms with Crippen molar-refractivity contribution in [2.24, 2.45) is 0 Å². The second-order valence-corrected chi connectivity index (χ2v) is 5.99. The molecule has 2 aromatic rings. The largest absolute Gasteiger partial charge is 0.320 e. The Morgan fingerprint density at radius 2 is 2.12 bits per heavy atom. The molecule has 0 radical (unpaired) electrons. The van der Waals surface area contributed by atoms with Crippen molar-refractivity contribution in [3.05, 3.63) is 50.8 Å². The number of hydrogen-bond donors (Lipinski definition) is 1. The number of benzene rings is 1. The zero-order valence-corrected chi connectivity index (χ0v) is 15.0. The Morgan fingerprint density at radius 1 is 1.42 bits per heavy atom. The smallest absolute Gasteiger partial charge is 0.266 e. The summed E-state index contributed by atoms with van der Waals surface area (Å²) in [6.07, 6.45) is 1.54. The van der Waals surface area contributed by atoms with Gasteiger partial charge in [0.15, 0.2) is 0 Å². The second-order valence-electron chi connectivity index (χ2n) is 5.15. The van der Waals surface area contributed by atoms with Crippen LogP contribution in [0.2, 0.25) is 10.0 Å². The van der Waals surface area contributed by atoms with E-state index in [-0.39, 0.29) is 5.57 Å². The fraction of sp³-hybridized carbons (Fsp3) is 0.235. The third kappa shape index (κ3) is 3.78. The normalized spacial score (nSPS) is 11.2. The van der Waals surface area contributed by atoms with Gasteiger partial charge in [0.25, 0.3) is 5.91 Å². The van der Waals surface area contributed by atoms with Gasteiger partial charge in [0.05, 0.1) is 16.4 Å². The van der Waals surface area contributed by atoms with Crippen LogP contribution in [-0.2, 0) is 11.3 Å². The molecule has 1 amide bonds. The first-order valence-electron chi connectivity index (χ1n) is 7.29. The Hall–Kier alpha value is -2.29. The number of carbonyl (C=O) groups excluding carboxylic acids is 1. The van der Waals surface area contributed by atoms with E-state index in [1.54, 1.807) is 18.2 Å². The van der Waals surface area contributed by atoms with Gasteiger partial charge in [0.2, 0.25) is 0 Å². The summed E-state index contributed by atoms with van der Waals surface area (Å²) in [5, 5.41) is 17.1.